The summed E-state index contributed by atoms with van der Waals surface area (Å²) in [6.45, 7) is 5.32. The standard InChI is InChI=1S/C25H25F2N5O/c1-2-32-12-8-15(9-13-32)30-16-6-7-20-18(14-16)22(25(33)31-20)21(24-28-10-11-29-24)17-4-3-5-19(26)23(17)27/h3-7,10-11,14-15,30H,2,8-9,12-13H2,1H3,(H,28,29)(H,31,33)/b22-21-. The Hall–Kier alpha value is -3.52. The minimum Gasteiger partial charge on any atom is -0.382 e. The zero-order valence-corrected chi connectivity index (χ0v) is 18.3. The number of aromatic nitrogens is 2. The van der Waals surface area contributed by atoms with Gasteiger partial charge in [-0.3, -0.25) is 4.79 Å². The summed E-state index contributed by atoms with van der Waals surface area (Å²) in [5.41, 5.74) is 2.60. The van der Waals surface area contributed by atoms with Crippen molar-refractivity contribution in [3.8, 4) is 0 Å². The van der Waals surface area contributed by atoms with Crippen LogP contribution in [0.5, 0.6) is 0 Å². The van der Waals surface area contributed by atoms with Crippen molar-refractivity contribution in [1.29, 1.82) is 0 Å². The quantitative estimate of drug-likeness (QED) is 0.502. The number of carbonyl (C=O) groups is 1. The molecule has 0 atom stereocenters. The molecular formula is C25H25F2N5O. The Labute approximate surface area is 190 Å². The number of anilines is 2. The molecule has 2 aliphatic rings. The number of carbonyl (C=O) groups excluding carboxylic acids is 1. The molecule has 2 aromatic carbocycles. The summed E-state index contributed by atoms with van der Waals surface area (Å²) in [5, 5.41) is 6.43. The Balaban J connectivity index is 1.58. The topological polar surface area (TPSA) is 73.0 Å². The Kier molecular flexibility index (Phi) is 5.68. The van der Waals surface area contributed by atoms with Crippen molar-refractivity contribution in [2.45, 2.75) is 25.8 Å². The lowest BCUT2D eigenvalue weighted by Gasteiger charge is -2.32. The van der Waals surface area contributed by atoms with Gasteiger partial charge in [-0.2, -0.15) is 0 Å². The number of nitrogens with zero attached hydrogens (tertiary/aromatic N) is 2. The maximum atomic E-state index is 14.9. The molecule has 1 fully saturated rings. The molecular weight excluding hydrogens is 424 g/mol. The van der Waals surface area contributed by atoms with Crippen LogP contribution in [0.2, 0.25) is 0 Å². The lowest BCUT2D eigenvalue weighted by Crippen LogP contribution is -2.38. The number of piperidine rings is 1. The normalized spacial score (nSPS) is 18.2. The first kappa shape index (κ1) is 21.3. The third-order valence-electron chi connectivity index (χ3n) is 6.38. The van der Waals surface area contributed by atoms with Crippen LogP contribution in [-0.2, 0) is 4.79 Å². The fourth-order valence-corrected chi connectivity index (χ4v) is 4.61. The van der Waals surface area contributed by atoms with Crippen LogP contribution < -0.4 is 10.6 Å². The first-order chi connectivity index (χ1) is 16.0. The highest BCUT2D eigenvalue weighted by molar-refractivity contribution is 6.38. The van der Waals surface area contributed by atoms with Crippen LogP contribution in [0.3, 0.4) is 0 Å². The number of rotatable bonds is 5. The van der Waals surface area contributed by atoms with Crippen LogP contribution in [0.4, 0.5) is 20.2 Å². The number of imidazole rings is 1. The molecule has 0 aliphatic carbocycles. The maximum Gasteiger partial charge on any atom is 0.257 e. The zero-order valence-electron chi connectivity index (χ0n) is 18.3. The van der Waals surface area contributed by atoms with Gasteiger partial charge in [0.15, 0.2) is 11.6 Å². The second-order valence-electron chi connectivity index (χ2n) is 8.36. The number of nitrogens with one attached hydrogen (secondary N) is 3. The van der Waals surface area contributed by atoms with Crippen molar-refractivity contribution in [3.63, 3.8) is 0 Å². The van der Waals surface area contributed by atoms with E-state index in [0.717, 1.165) is 44.2 Å². The van der Waals surface area contributed by atoms with Crippen molar-refractivity contribution in [3.05, 3.63) is 77.4 Å². The van der Waals surface area contributed by atoms with Crippen molar-refractivity contribution >= 4 is 28.4 Å². The Morgan fingerprint density at radius 3 is 2.76 bits per heavy atom. The van der Waals surface area contributed by atoms with E-state index in [1.54, 1.807) is 6.20 Å². The largest absolute Gasteiger partial charge is 0.382 e. The van der Waals surface area contributed by atoms with Crippen molar-refractivity contribution in [2.75, 3.05) is 30.3 Å². The number of hydrogen-bond donors (Lipinski definition) is 3. The van der Waals surface area contributed by atoms with Gasteiger partial charge < -0.3 is 20.5 Å². The molecule has 5 rings (SSSR count). The summed E-state index contributed by atoms with van der Waals surface area (Å²) in [4.78, 5) is 22.7. The molecule has 8 heteroatoms. The Morgan fingerprint density at radius 1 is 1.21 bits per heavy atom. The maximum absolute atomic E-state index is 14.9. The lowest BCUT2D eigenvalue weighted by atomic mass is 9.94. The van der Waals surface area contributed by atoms with Gasteiger partial charge in [0.2, 0.25) is 0 Å². The number of hydrogen-bond acceptors (Lipinski definition) is 4. The fourth-order valence-electron chi connectivity index (χ4n) is 4.61. The highest BCUT2D eigenvalue weighted by Crippen LogP contribution is 2.41. The van der Waals surface area contributed by atoms with Crippen molar-refractivity contribution < 1.29 is 13.6 Å². The van der Waals surface area contributed by atoms with Crippen molar-refractivity contribution in [2.24, 2.45) is 0 Å². The average Bonchev–Trinajstić information content (AvgIpc) is 3.46. The first-order valence-corrected chi connectivity index (χ1v) is 11.2. The molecule has 0 radical (unpaired) electrons. The highest BCUT2D eigenvalue weighted by atomic mass is 19.2. The SMILES string of the molecule is CCN1CCC(Nc2ccc3c(c2)/C(=C(/c2ncc[nH]2)c2cccc(F)c2F)C(=O)N3)CC1. The molecule has 1 aromatic heterocycles. The van der Waals surface area contributed by atoms with E-state index in [4.69, 9.17) is 0 Å². The van der Waals surface area contributed by atoms with Gasteiger partial charge in [0.1, 0.15) is 5.82 Å². The molecule has 0 spiro atoms. The monoisotopic (exact) mass is 449 g/mol. The molecule has 0 saturated carbocycles. The van der Waals surface area contributed by atoms with Gasteiger partial charge in [0.05, 0.1) is 5.57 Å². The average molecular weight is 450 g/mol. The predicted octanol–water partition coefficient (Wildman–Crippen LogP) is 4.50. The van der Waals surface area contributed by atoms with Crippen LogP contribution in [0.15, 0.2) is 48.8 Å². The van der Waals surface area contributed by atoms with Gasteiger partial charge in [-0.25, -0.2) is 13.8 Å². The molecule has 0 unspecified atom stereocenters. The number of aromatic amines is 1. The van der Waals surface area contributed by atoms with E-state index in [9.17, 15) is 13.6 Å². The molecule has 1 amide bonds. The molecule has 3 N–H and O–H groups in total. The van der Waals surface area contributed by atoms with E-state index in [1.807, 2.05) is 18.2 Å². The fraction of sp³-hybridized carbons (Fsp3) is 0.280. The summed E-state index contributed by atoms with van der Waals surface area (Å²) < 4.78 is 28.9. The number of likely N-dealkylation sites (tertiary alicyclic amines) is 1. The zero-order chi connectivity index (χ0) is 22.9. The molecule has 0 bridgehead atoms. The second kappa shape index (κ2) is 8.78. The van der Waals surface area contributed by atoms with Gasteiger partial charge in [-0.05, 0) is 43.7 Å². The highest BCUT2D eigenvalue weighted by Gasteiger charge is 2.31. The van der Waals surface area contributed by atoms with Crippen LogP contribution in [0, 0.1) is 11.6 Å². The van der Waals surface area contributed by atoms with E-state index in [1.165, 1.54) is 18.3 Å². The summed E-state index contributed by atoms with van der Waals surface area (Å²) in [5.74, 6) is -2.09. The van der Waals surface area contributed by atoms with Crippen molar-refractivity contribution in [1.82, 2.24) is 14.9 Å². The second-order valence-corrected chi connectivity index (χ2v) is 8.36. The summed E-state index contributed by atoms with van der Waals surface area (Å²) in [6, 6.07) is 9.94. The van der Waals surface area contributed by atoms with E-state index >= 15 is 0 Å². The third-order valence-corrected chi connectivity index (χ3v) is 6.38. The van der Waals surface area contributed by atoms with E-state index in [0.29, 0.717) is 23.1 Å². The summed E-state index contributed by atoms with van der Waals surface area (Å²) >= 11 is 0. The smallest absolute Gasteiger partial charge is 0.257 e. The van der Waals surface area contributed by atoms with Crippen LogP contribution >= 0.6 is 0 Å². The van der Waals surface area contributed by atoms with Crippen LogP contribution in [0.1, 0.15) is 36.7 Å². The van der Waals surface area contributed by atoms with Gasteiger partial charge in [-0.1, -0.05) is 19.1 Å². The number of amides is 1. The minimum absolute atomic E-state index is 0.0201. The van der Waals surface area contributed by atoms with Gasteiger partial charge in [-0.15, -0.1) is 0 Å². The number of halogens is 2. The molecule has 1 saturated heterocycles. The van der Waals surface area contributed by atoms with Crippen LogP contribution in [-0.4, -0.2) is 46.5 Å². The van der Waals surface area contributed by atoms with Gasteiger partial charge in [0, 0.05) is 59.6 Å². The van der Waals surface area contributed by atoms with E-state index in [2.05, 4.69) is 32.4 Å². The number of fused-ring (bicyclic) bond motifs is 1. The molecule has 170 valence electrons. The summed E-state index contributed by atoms with van der Waals surface area (Å²) in [7, 11) is 0. The molecule has 3 aromatic rings. The van der Waals surface area contributed by atoms with Crippen LogP contribution in [0.25, 0.3) is 11.1 Å². The summed E-state index contributed by atoms with van der Waals surface area (Å²) in [6.07, 6.45) is 5.18. The Bertz CT molecular complexity index is 1210. The van der Waals surface area contributed by atoms with Gasteiger partial charge in [0.25, 0.3) is 5.91 Å². The predicted molar refractivity (Wildman–Crippen MR) is 125 cm³/mol. The lowest BCUT2D eigenvalue weighted by molar-refractivity contribution is -0.110. The minimum atomic E-state index is -1.02. The molecule has 6 nitrogen and oxygen atoms in total. The molecule has 33 heavy (non-hydrogen) atoms. The molecule has 2 aliphatic heterocycles. The first-order valence-electron chi connectivity index (χ1n) is 11.2. The third kappa shape index (κ3) is 4.02. The van der Waals surface area contributed by atoms with E-state index in [-0.39, 0.29) is 22.6 Å². The molecule has 3 heterocycles. The van der Waals surface area contributed by atoms with E-state index < -0.39 is 11.6 Å². The Morgan fingerprint density at radius 2 is 2.03 bits per heavy atom. The van der Waals surface area contributed by atoms with Gasteiger partial charge >= 0.3 is 0 Å². The number of H-pyrrole nitrogens is 1. The number of benzene rings is 2.